The smallest absolute Gasteiger partial charge is 0.0190 e. The molecular weight excluding hydrogens is 112 g/mol. The first kappa shape index (κ1) is 7.03. The Bertz CT molecular complexity index is 77.0. The summed E-state index contributed by atoms with van der Waals surface area (Å²) >= 11 is 0. The summed E-state index contributed by atoms with van der Waals surface area (Å²) in [5, 5.41) is 0. The Labute approximate surface area is 57.0 Å². The Kier molecular flexibility index (Phi) is 2.49. The molecule has 0 aliphatic carbocycles. The van der Waals surface area contributed by atoms with Crippen LogP contribution in [0.5, 0.6) is 0 Å². The van der Waals surface area contributed by atoms with Gasteiger partial charge < -0.3 is 5.73 Å². The monoisotopic (exact) mass is 128 g/mol. The van der Waals surface area contributed by atoms with Crippen molar-refractivity contribution in [2.24, 2.45) is 5.73 Å². The third kappa shape index (κ3) is 1.66. The molecule has 1 fully saturated rings. The maximum absolute atomic E-state index is 5.51. The first-order chi connectivity index (χ1) is 4.34. The van der Waals surface area contributed by atoms with Gasteiger partial charge in [0.1, 0.15) is 0 Å². The molecular formula is C7H16N2. The van der Waals surface area contributed by atoms with Gasteiger partial charge in [-0.3, -0.25) is 4.90 Å². The minimum atomic E-state index is 0.604. The summed E-state index contributed by atoms with van der Waals surface area (Å²) in [6, 6.07) is 0.604. The number of nitrogens with two attached hydrogens (primary N) is 1. The average Bonchev–Trinajstić information content (AvgIpc) is 2.37. The van der Waals surface area contributed by atoms with Crippen LogP contribution in [-0.4, -0.2) is 30.6 Å². The molecule has 9 heavy (non-hydrogen) atoms. The van der Waals surface area contributed by atoms with Gasteiger partial charge in [-0.15, -0.1) is 0 Å². The predicted molar refractivity (Wildman–Crippen MR) is 39.3 cm³/mol. The SMILES string of the molecule is C[C@@H](CN)N1CCCC1. The molecule has 0 aromatic heterocycles. The van der Waals surface area contributed by atoms with E-state index in [0.717, 1.165) is 6.54 Å². The second-order valence-corrected chi connectivity index (χ2v) is 2.83. The summed E-state index contributed by atoms with van der Waals surface area (Å²) in [7, 11) is 0. The Morgan fingerprint density at radius 3 is 2.44 bits per heavy atom. The number of hydrogen-bond acceptors (Lipinski definition) is 2. The topological polar surface area (TPSA) is 29.3 Å². The lowest BCUT2D eigenvalue weighted by molar-refractivity contribution is 0.264. The minimum Gasteiger partial charge on any atom is -0.329 e. The molecule has 1 heterocycles. The van der Waals surface area contributed by atoms with E-state index in [1.165, 1.54) is 25.9 Å². The third-order valence-corrected chi connectivity index (χ3v) is 2.11. The standard InChI is InChI=1S/C7H16N2/c1-7(6-8)9-4-2-3-5-9/h7H,2-6,8H2,1H3/t7-/m0/s1. The van der Waals surface area contributed by atoms with Gasteiger partial charge in [0, 0.05) is 12.6 Å². The second-order valence-electron chi connectivity index (χ2n) is 2.83. The van der Waals surface area contributed by atoms with Gasteiger partial charge in [-0.1, -0.05) is 0 Å². The Morgan fingerprint density at radius 2 is 2.00 bits per heavy atom. The van der Waals surface area contributed by atoms with Gasteiger partial charge in [0.05, 0.1) is 0 Å². The van der Waals surface area contributed by atoms with Crippen LogP contribution in [0.1, 0.15) is 19.8 Å². The van der Waals surface area contributed by atoms with E-state index in [9.17, 15) is 0 Å². The van der Waals surface area contributed by atoms with E-state index in [2.05, 4.69) is 11.8 Å². The van der Waals surface area contributed by atoms with Crippen molar-refractivity contribution in [1.82, 2.24) is 4.90 Å². The predicted octanol–water partition coefficient (Wildman–Crippen LogP) is 0.429. The molecule has 54 valence electrons. The van der Waals surface area contributed by atoms with Crippen LogP contribution in [0, 0.1) is 0 Å². The molecule has 2 N–H and O–H groups in total. The van der Waals surface area contributed by atoms with Crippen LogP contribution in [0.3, 0.4) is 0 Å². The van der Waals surface area contributed by atoms with Crippen LogP contribution >= 0.6 is 0 Å². The molecule has 0 bridgehead atoms. The van der Waals surface area contributed by atoms with E-state index >= 15 is 0 Å². The molecule has 0 spiro atoms. The lowest BCUT2D eigenvalue weighted by atomic mass is 10.3. The molecule has 2 nitrogen and oxygen atoms in total. The van der Waals surface area contributed by atoms with Crippen molar-refractivity contribution in [2.75, 3.05) is 19.6 Å². The normalized spacial score (nSPS) is 24.7. The van der Waals surface area contributed by atoms with Crippen molar-refractivity contribution in [3.05, 3.63) is 0 Å². The largest absolute Gasteiger partial charge is 0.329 e. The van der Waals surface area contributed by atoms with Crippen LogP contribution < -0.4 is 5.73 Å². The van der Waals surface area contributed by atoms with Crippen LogP contribution in [0.25, 0.3) is 0 Å². The molecule has 1 saturated heterocycles. The van der Waals surface area contributed by atoms with Gasteiger partial charge >= 0.3 is 0 Å². The zero-order valence-electron chi connectivity index (χ0n) is 6.14. The summed E-state index contributed by atoms with van der Waals surface area (Å²) in [6.07, 6.45) is 2.73. The van der Waals surface area contributed by atoms with Gasteiger partial charge in [0.25, 0.3) is 0 Å². The summed E-state index contributed by atoms with van der Waals surface area (Å²) in [5.41, 5.74) is 5.51. The highest BCUT2D eigenvalue weighted by Crippen LogP contribution is 2.09. The summed E-state index contributed by atoms with van der Waals surface area (Å²) in [5.74, 6) is 0. The van der Waals surface area contributed by atoms with Gasteiger partial charge in [0.15, 0.2) is 0 Å². The lowest BCUT2D eigenvalue weighted by Gasteiger charge is -2.21. The molecule has 0 saturated carbocycles. The van der Waals surface area contributed by atoms with Crippen molar-refractivity contribution in [3.63, 3.8) is 0 Å². The number of nitrogens with zero attached hydrogens (tertiary/aromatic N) is 1. The fourth-order valence-corrected chi connectivity index (χ4v) is 1.33. The zero-order chi connectivity index (χ0) is 6.69. The minimum absolute atomic E-state index is 0.604. The molecule has 1 aliphatic heterocycles. The van der Waals surface area contributed by atoms with Crippen molar-refractivity contribution in [2.45, 2.75) is 25.8 Å². The van der Waals surface area contributed by atoms with Gasteiger partial charge in [0.2, 0.25) is 0 Å². The molecule has 1 aliphatic rings. The molecule has 0 amide bonds. The Morgan fingerprint density at radius 1 is 1.44 bits per heavy atom. The van der Waals surface area contributed by atoms with Crippen LogP contribution in [0.4, 0.5) is 0 Å². The number of hydrogen-bond donors (Lipinski definition) is 1. The highest BCUT2D eigenvalue weighted by Gasteiger charge is 2.15. The summed E-state index contributed by atoms with van der Waals surface area (Å²) in [6.45, 7) is 5.53. The molecule has 2 heteroatoms. The fourth-order valence-electron chi connectivity index (χ4n) is 1.33. The maximum atomic E-state index is 5.51. The quantitative estimate of drug-likeness (QED) is 0.584. The van der Waals surface area contributed by atoms with E-state index in [0.29, 0.717) is 6.04 Å². The van der Waals surface area contributed by atoms with E-state index in [4.69, 9.17) is 5.73 Å². The van der Waals surface area contributed by atoms with E-state index < -0.39 is 0 Å². The summed E-state index contributed by atoms with van der Waals surface area (Å²) < 4.78 is 0. The first-order valence-corrected chi connectivity index (χ1v) is 3.78. The highest BCUT2D eigenvalue weighted by atomic mass is 15.2. The van der Waals surface area contributed by atoms with E-state index in [1.54, 1.807) is 0 Å². The third-order valence-electron chi connectivity index (χ3n) is 2.11. The molecule has 0 unspecified atom stereocenters. The van der Waals surface area contributed by atoms with Crippen molar-refractivity contribution >= 4 is 0 Å². The molecule has 0 aromatic carbocycles. The summed E-state index contributed by atoms with van der Waals surface area (Å²) in [4.78, 5) is 2.46. The fraction of sp³-hybridized carbons (Fsp3) is 1.00. The zero-order valence-corrected chi connectivity index (χ0v) is 6.14. The molecule has 0 radical (unpaired) electrons. The number of rotatable bonds is 2. The second kappa shape index (κ2) is 3.18. The molecule has 1 rings (SSSR count). The molecule has 1 atom stereocenters. The lowest BCUT2D eigenvalue weighted by Crippen LogP contribution is -2.35. The first-order valence-electron chi connectivity index (χ1n) is 3.78. The van der Waals surface area contributed by atoms with E-state index in [-0.39, 0.29) is 0 Å². The Hall–Kier alpha value is -0.0800. The molecule has 0 aromatic rings. The highest BCUT2D eigenvalue weighted by molar-refractivity contribution is 4.72. The van der Waals surface area contributed by atoms with Crippen LogP contribution in [0.2, 0.25) is 0 Å². The maximum Gasteiger partial charge on any atom is 0.0190 e. The van der Waals surface area contributed by atoms with Crippen molar-refractivity contribution in [3.8, 4) is 0 Å². The van der Waals surface area contributed by atoms with Gasteiger partial charge in [-0.05, 0) is 32.9 Å². The van der Waals surface area contributed by atoms with Crippen LogP contribution in [-0.2, 0) is 0 Å². The van der Waals surface area contributed by atoms with E-state index in [1.807, 2.05) is 0 Å². The number of likely N-dealkylation sites (tertiary alicyclic amines) is 1. The van der Waals surface area contributed by atoms with Crippen molar-refractivity contribution < 1.29 is 0 Å². The van der Waals surface area contributed by atoms with Gasteiger partial charge in [-0.25, -0.2) is 0 Å². The van der Waals surface area contributed by atoms with Crippen molar-refractivity contribution in [1.29, 1.82) is 0 Å². The van der Waals surface area contributed by atoms with Crippen LogP contribution in [0.15, 0.2) is 0 Å². The Balaban J connectivity index is 2.24. The van der Waals surface area contributed by atoms with Gasteiger partial charge in [-0.2, -0.15) is 0 Å². The average molecular weight is 128 g/mol.